The van der Waals surface area contributed by atoms with Crippen molar-refractivity contribution in [2.75, 3.05) is 13.7 Å². The van der Waals surface area contributed by atoms with Crippen molar-refractivity contribution in [1.82, 2.24) is 4.90 Å². The predicted molar refractivity (Wildman–Crippen MR) is 133 cm³/mol. The molecule has 1 amide bonds. The molecule has 2 rings (SSSR count). The van der Waals surface area contributed by atoms with Crippen LogP contribution in [0.3, 0.4) is 0 Å². The Morgan fingerprint density at radius 3 is 2.70 bits per heavy atom. The van der Waals surface area contributed by atoms with E-state index in [4.69, 9.17) is 0 Å². The Hall–Kier alpha value is -2.14. The van der Waals surface area contributed by atoms with Crippen LogP contribution in [0.25, 0.3) is 0 Å². The molecule has 1 aromatic carbocycles. The SMILES string of the molecule is COC(=O)CCCC=CCN1C(=O)CCC1CC[C@@H](O)[C@@H](C)CCCCCc1ccccc1. The average molecular weight is 458 g/mol. The molecule has 3 atom stereocenters. The monoisotopic (exact) mass is 457 g/mol. The maximum atomic E-state index is 12.3. The highest BCUT2D eigenvalue weighted by molar-refractivity contribution is 5.78. The van der Waals surface area contributed by atoms with Crippen molar-refractivity contribution >= 4 is 11.9 Å². The van der Waals surface area contributed by atoms with E-state index in [1.54, 1.807) is 0 Å². The smallest absolute Gasteiger partial charge is 0.305 e. The number of ether oxygens (including phenoxy) is 1. The van der Waals surface area contributed by atoms with Crippen LogP contribution < -0.4 is 0 Å². The molecular formula is C28H43NO4. The minimum atomic E-state index is -0.300. The zero-order chi connectivity index (χ0) is 23.9. The van der Waals surface area contributed by atoms with Gasteiger partial charge in [0, 0.05) is 25.4 Å². The Labute approximate surface area is 200 Å². The quantitative estimate of drug-likeness (QED) is 0.203. The normalized spacial score (nSPS) is 18.1. The number of benzene rings is 1. The van der Waals surface area contributed by atoms with Gasteiger partial charge in [-0.15, -0.1) is 0 Å². The molecule has 0 bridgehead atoms. The van der Waals surface area contributed by atoms with Gasteiger partial charge >= 0.3 is 5.97 Å². The third-order valence-electron chi connectivity index (χ3n) is 6.82. The Kier molecular flexibility index (Phi) is 12.9. The molecule has 0 aromatic heterocycles. The maximum absolute atomic E-state index is 12.3. The second kappa shape index (κ2) is 15.7. The van der Waals surface area contributed by atoms with Crippen molar-refractivity contribution < 1.29 is 19.4 Å². The fraction of sp³-hybridized carbons (Fsp3) is 0.643. The van der Waals surface area contributed by atoms with Crippen LogP contribution in [0.1, 0.15) is 83.1 Å². The lowest BCUT2D eigenvalue weighted by atomic mass is 9.92. The Morgan fingerprint density at radius 2 is 1.94 bits per heavy atom. The molecule has 0 spiro atoms. The summed E-state index contributed by atoms with van der Waals surface area (Å²) >= 11 is 0. The summed E-state index contributed by atoms with van der Waals surface area (Å²) in [5, 5.41) is 10.6. The van der Waals surface area contributed by atoms with Crippen molar-refractivity contribution in [2.24, 2.45) is 5.92 Å². The highest BCUT2D eigenvalue weighted by Crippen LogP contribution is 2.25. The van der Waals surface area contributed by atoms with Crippen molar-refractivity contribution in [3.05, 3.63) is 48.0 Å². The summed E-state index contributed by atoms with van der Waals surface area (Å²) in [5.41, 5.74) is 1.40. The van der Waals surface area contributed by atoms with Gasteiger partial charge in [-0.1, -0.05) is 62.2 Å². The third-order valence-corrected chi connectivity index (χ3v) is 6.82. The molecule has 0 saturated carbocycles. The molecule has 0 radical (unpaired) electrons. The molecule has 1 N–H and O–H groups in total. The zero-order valence-electron chi connectivity index (χ0n) is 20.6. The summed E-state index contributed by atoms with van der Waals surface area (Å²) in [4.78, 5) is 25.4. The molecule has 1 heterocycles. The van der Waals surface area contributed by atoms with Gasteiger partial charge in [-0.3, -0.25) is 9.59 Å². The number of likely N-dealkylation sites (tertiary alicyclic amines) is 1. The lowest BCUT2D eigenvalue weighted by Gasteiger charge is -2.26. The van der Waals surface area contributed by atoms with Gasteiger partial charge < -0.3 is 14.7 Å². The van der Waals surface area contributed by atoms with E-state index in [1.165, 1.54) is 25.5 Å². The summed E-state index contributed by atoms with van der Waals surface area (Å²) in [7, 11) is 1.40. The summed E-state index contributed by atoms with van der Waals surface area (Å²) < 4.78 is 4.64. The van der Waals surface area contributed by atoms with Crippen molar-refractivity contribution in [3.63, 3.8) is 0 Å². The Bertz CT molecular complexity index is 718. The molecule has 1 saturated heterocycles. The first-order valence-corrected chi connectivity index (χ1v) is 12.7. The summed E-state index contributed by atoms with van der Waals surface area (Å²) in [6, 6.07) is 10.8. The number of methoxy groups -OCH3 is 1. The Balaban J connectivity index is 1.60. The number of esters is 1. The number of aliphatic hydroxyl groups is 1. The van der Waals surface area contributed by atoms with E-state index in [-0.39, 0.29) is 24.0 Å². The van der Waals surface area contributed by atoms with Crippen LogP contribution in [0.4, 0.5) is 0 Å². The van der Waals surface area contributed by atoms with Crippen LogP contribution >= 0.6 is 0 Å². The number of hydrogen-bond acceptors (Lipinski definition) is 4. The second-order valence-corrected chi connectivity index (χ2v) is 9.39. The molecule has 5 nitrogen and oxygen atoms in total. The van der Waals surface area contributed by atoms with E-state index in [2.05, 4.69) is 42.0 Å². The number of nitrogens with zero attached hydrogens (tertiary/aromatic N) is 1. The van der Waals surface area contributed by atoms with Gasteiger partial charge in [0.2, 0.25) is 5.91 Å². The number of amides is 1. The van der Waals surface area contributed by atoms with Crippen LogP contribution in [-0.2, 0) is 20.7 Å². The number of aryl methyl sites for hydroxylation is 1. The zero-order valence-corrected chi connectivity index (χ0v) is 20.6. The number of rotatable bonds is 16. The molecule has 1 aliphatic heterocycles. The van der Waals surface area contributed by atoms with Crippen LogP contribution in [-0.4, -0.2) is 47.7 Å². The lowest BCUT2D eigenvalue weighted by molar-refractivity contribution is -0.140. The minimum Gasteiger partial charge on any atom is -0.469 e. The summed E-state index contributed by atoms with van der Waals surface area (Å²) in [6.07, 6.45) is 14.6. The molecule has 5 heteroatoms. The van der Waals surface area contributed by atoms with Gasteiger partial charge in [0.1, 0.15) is 0 Å². The molecule has 1 fully saturated rings. The Morgan fingerprint density at radius 1 is 1.15 bits per heavy atom. The minimum absolute atomic E-state index is 0.182. The maximum Gasteiger partial charge on any atom is 0.305 e. The van der Waals surface area contributed by atoms with Crippen molar-refractivity contribution in [2.45, 2.75) is 96.1 Å². The molecule has 184 valence electrons. The lowest BCUT2D eigenvalue weighted by Crippen LogP contribution is -2.34. The predicted octanol–water partition coefficient (Wildman–Crippen LogP) is 5.46. The first-order chi connectivity index (χ1) is 16.0. The molecule has 1 unspecified atom stereocenters. The number of hydrogen-bond donors (Lipinski definition) is 1. The van der Waals surface area contributed by atoms with Crippen LogP contribution in [0.2, 0.25) is 0 Å². The first kappa shape index (κ1) is 27.1. The summed E-state index contributed by atoms with van der Waals surface area (Å²) in [6.45, 7) is 2.77. The van der Waals surface area contributed by atoms with Crippen LogP contribution in [0.15, 0.2) is 42.5 Å². The fourth-order valence-corrected chi connectivity index (χ4v) is 4.57. The van der Waals surface area contributed by atoms with E-state index >= 15 is 0 Å². The number of carbonyl (C=O) groups excluding carboxylic acids is 2. The highest BCUT2D eigenvalue weighted by Gasteiger charge is 2.30. The first-order valence-electron chi connectivity index (χ1n) is 12.7. The standard InChI is InChI=1S/C28H43NO4/c1-23(13-7-5-8-14-24-15-9-6-10-16-24)26(30)20-18-25-19-21-27(31)29(25)22-12-4-3-11-17-28(32)33-2/h4,6,9-10,12,15-16,23,25-26,30H,3,5,7-8,11,13-14,17-22H2,1-2H3/t23-,25?,26+/m0/s1. The largest absolute Gasteiger partial charge is 0.469 e. The van der Waals surface area contributed by atoms with Crippen LogP contribution in [0.5, 0.6) is 0 Å². The molecular weight excluding hydrogens is 414 g/mol. The molecule has 1 aromatic rings. The van der Waals surface area contributed by atoms with E-state index in [9.17, 15) is 14.7 Å². The average Bonchev–Trinajstić information content (AvgIpc) is 3.18. The van der Waals surface area contributed by atoms with Gasteiger partial charge in [0.05, 0.1) is 13.2 Å². The van der Waals surface area contributed by atoms with Gasteiger partial charge in [-0.2, -0.15) is 0 Å². The number of carbonyl (C=O) groups is 2. The van der Waals surface area contributed by atoms with Gasteiger partial charge in [-0.25, -0.2) is 0 Å². The second-order valence-electron chi connectivity index (χ2n) is 9.39. The van der Waals surface area contributed by atoms with Crippen molar-refractivity contribution in [3.8, 4) is 0 Å². The van der Waals surface area contributed by atoms with Crippen LogP contribution in [0, 0.1) is 5.92 Å². The topological polar surface area (TPSA) is 66.8 Å². The third kappa shape index (κ3) is 10.6. The van der Waals surface area contributed by atoms with Gasteiger partial charge in [-0.05, 0) is 62.8 Å². The number of allylic oxidation sites excluding steroid dienone is 1. The highest BCUT2D eigenvalue weighted by atomic mass is 16.5. The van der Waals surface area contributed by atoms with E-state index in [0.717, 1.165) is 51.4 Å². The summed E-state index contributed by atoms with van der Waals surface area (Å²) in [5.74, 6) is 0.320. The van der Waals surface area contributed by atoms with Gasteiger partial charge in [0.25, 0.3) is 0 Å². The molecule has 33 heavy (non-hydrogen) atoms. The number of unbranched alkanes of at least 4 members (excludes halogenated alkanes) is 3. The number of aliphatic hydroxyl groups excluding tert-OH is 1. The van der Waals surface area contributed by atoms with Gasteiger partial charge in [0.15, 0.2) is 0 Å². The fourth-order valence-electron chi connectivity index (χ4n) is 4.57. The van der Waals surface area contributed by atoms with E-state index in [0.29, 0.717) is 25.3 Å². The molecule has 0 aliphatic carbocycles. The molecule has 1 aliphatic rings. The van der Waals surface area contributed by atoms with Crippen molar-refractivity contribution in [1.29, 1.82) is 0 Å². The van der Waals surface area contributed by atoms with E-state index < -0.39 is 0 Å². The van der Waals surface area contributed by atoms with E-state index in [1.807, 2.05) is 17.1 Å².